The lowest BCUT2D eigenvalue weighted by Gasteiger charge is -2.34. The lowest BCUT2D eigenvalue weighted by molar-refractivity contribution is -0.147. The molecule has 16 N–H and O–H groups in total. The Morgan fingerprint density at radius 3 is 2.07 bits per heavy atom. The fourth-order valence-electron chi connectivity index (χ4n) is 10.8. The van der Waals surface area contributed by atoms with Gasteiger partial charge < -0.3 is 97.8 Å². The van der Waals surface area contributed by atoms with Crippen LogP contribution in [0.5, 0.6) is 17.2 Å². The second-order valence-electron chi connectivity index (χ2n) is 22.7. The molecule has 8 rings (SSSR count). The number of aromatic nitrogens is 3. The van der Waals surface area contributed by atoms with Crippen molar-refractivity contribution in [3.8, 4) is 49.6 Å². The van der Waals surface area contributed by atoms with Gasteiger partial charge in [0.1, 0.15) is 59.3 Å². The molecule has 3 fully saturated rings. The van der Waals surface area contributed by atoms with Crippen LogP contribution < -0.4 is 47.5 Å². The maximum atomic E-state index is 14.7. The quantitative estimate of drug-likeness (QED) is 0.0364. The van der Waals surface area contributed by atoms with Gasteiger partial charge in [-0.25, -0.2) is 0 Å². The molecule has 0 spiro atoms. The predicted octanol–water partition coefficient (Wildman–Crippen LogP) is -2.31. The van der Waals surface area contributed by atoms with E-state index in [1.165, 1.54) is 54.8 Å². The van der Waals surface area contributed by atoms with E-state index in [0.29, 0.717) is 35.3 Å². The first-order chi connectivity index (χ1) is 43.6. The summed E-state index contributed by atoms with van der Waals surface area (Å²) in [5.74, 6) is -8.03. The van der Waals surface area contributed by atoms with E-state index in [9.17, 15) is 69.3 Å². The highest BCUT2D eigenvalue weighted by Gasteiger charge is 2.50. The topological polar surface area (TPSA) is 446 Å². The number of rotatable bonds is 20. The molecule has 3 aromatic carbocycles. The van der Waals surface area contributed by atoms with Crippen molar-refractivity contribution in [3.63, 3.8) is 0 Å². The van der Waals surface area contributed by atoms with Crippen LogP contribution in [0.3, 0.4) is 0 Å². The summed E-state index contributed by atoms with van der Waals surface area (Å²) >= 11 is 1.24. The Bertz CT molecular complexity index is 3330. The molecule has 3 aliphatic heterocycles. The summed E-state index contributed by atoms with van der Waals surface area (Å²) in [5, 5.41) is 101. The van der Waals surface area contributed by atoms with E-state index < -0.39 is 152 Å². The number of methoxy groups -OCH3 is 1. The van der Waals surface area contributed by atoms with Crippen LogP contribution in [0.15, 0.2) is 85.1 Å². The molecule has 91 heavy (non-hydrogen) atoms. The minimum Gasteiger partial charge on any atom is -0.504 e. The molecule has 2 aromatic heterocycles. The smallest absolute Gasteiger partial charge is 0.253 e. The Hall–Kier alpha value is -8.30. The second kappa shape index (κ2) is 31.6. The molecule has 3 aliphatic rings. The number of carbonyl (C=O) groups excluding carboxylic acids is 7. The third kappa shape index (κ3) is 17.2. The largest absolute Gasteiger partial charge is 0.504 e. The molecule has 5 heterocycles. The first-order valence-corrected chi connectivity index (χ1v) is 30.6. The molecule has 0 saturated carbocycles. The summed E-state index contributed by atoms with van der Waals surface area (Å²) in [5.41, 5.74) is 14.6. The molecule has 490 valence electrons. The molecule has 0 radical (unpaired) electrons. The zero-order valence-electron chi connectivity index (χ0n) is 50.3. The average Bonchev–Trinajstić information content (AvgIpc) is 1.72. The lowest BCUT2D eigenvalue weighted by Crippen LogP contribution is -2.64. The van der Waals surface area contributed by atoms with E-state index in [2.05, 4.69) is 41.8 Å². The van der Waals surface area contributed by atoms with Crippen molar-refractivity contribution in [1.29, 1.82) is 0 Å². The van der Waals surface area contributed by atoms with Gasteiger partial charge in [0.2, 0.25) is 35.4 Å². The Kier molecular flexibility index (Phi) is 23.8. The normalized spacial score (nSPS) is 24.8. The number of benzene rings is 3. The van der Waals surface area contributed by atoms with E-state index in [1.54, 1.807) is 7.11 Å². The predicted molar refractivity (Wildman–Crippen MR) is 327 cm³/mol. The number of aromatic hydroxyl groups is 1. The number of nitrogens with zero attached hydrogens (tertiary/aromatic N) is 5. The van der Waals surface area contributed by atoms with Crippen molar-refractivity contribution in [2.24, 2.45) is 17.4 Å². The molecule has 3 saturated heterocycles. The number of nitrogens with two attached hydrogens (primary N) is 2. The highest BCUT2D eigenvalue weighted by Crippen LogP contribution is 2.33. The fourth-order valence-corrected chi connectivity index (χ4v) is 11.6. The van der Waals surface area contributed by atoms with Crippen molar-refractivity contribution in [2.45, 2.75) is 119 Å². The SMILES string of the molecule is COCCOc1ccc(-c2ccc(-c3nnc(-c4ccc(C(=O)N[C@H]5C[C@@H](O)CNC(=O)[C@@H]6[C@@H](O)[C@@H](C)CN6C(=O)[C@H]([C@H](O)CCN)NC(=O)[C@H]([C@H](O)Cc6ccc(O)c(OCCCN)c6)NC(=O)[C@@H]6C[C@@H](O)CN6C(=O)[C@H]([C@@H](C)O)NC5=O)cn4)s3)cc2)cc1. The van der Waals surface area contributed by atoms with E-state index in [-0.39, 0.29) is 55.3 Å². The van der Waals surface area contributed by atoms with Gasteiger partial charge in [0.05, 0.1) is 55.4 Å². The summed E-state index contributed by atoms with van der Waals surface area (Å²) in [4.78, 5) is 108. The fraction of sp³-hybridized carbons (Fsp3) is 0.475. The number of pyridine rings is 1. The monoisotopic (exact) mass is 1280 g/mol. The van der Waals surface area contributed by atoms with Crippen molar-refractivity contribution < 1.29 is 83.5 Å². The first kappa shape index (κ1) is 68.6. The molecular weight excluding hydrogens is 1200 g/mol. The summed E-state index contributed by atoms with van der Waals surface area (Å²) in [6, 6.07) is 11.3. The number of aliphatic hydroxyl groups is 6. The number of fused-ring (bicyclic) bond motifs is 2. The number of carbonyl (C=O) groups is 7. The summed E-state index contributed by atoms with van der Waals surface area (Å²) in [6.45, 7) is 2.22. The van der Waals surface area contributed by atoms with Gasteiger partial charge in [-0.05, 0) is 85.9 Å². The number of β-amino-alcohol motifs (C(OH)–C–C–N with tert-alkyl or cyclic N) is 1. The third-order valence-corrected chi connectivity index (χ3v) is 16.8. The summed E-state index contributed by atoms with van der Waals surface area (Å²) < 4.78 is 16.4. The molecule has 0 unspecified atom stereocenters. The van der Waals surface area contributed by atoms with Gasteiger partial charge in [0.25, 0.3) is 5.91 Å². The lowest BCUT2D eigenvalue weighted by atomic mass is 9.98. The highest BCUT2D eigenvalue weighted by molar-refractivity contribution is 7.17. The average molecular weight is 1280 g/mol. The van der Waals surface area contributed by atoms with Crippen LogP contribution in [0.2, 0.25) is 0 Å². The maximum Gasteiger partial charge on any atom is 0.253 e. The molecular formula is C61H78N12O17S. The van der Waals surface area contributed by atoms with Crippen molar-refractivity contribution in [3.05, 3.63) is 96.2 Å². The van der Waals surface area contributed by atoms with E-state index in [1.807, 2.05) is 48.5 Å². The Balaban J connectivity index is 1.06. The van der Waals surface area contributed by atoms with Crippen LogP contribution in [0.4, 0.5) is 0 Å². The van der Waals surface area contributed by atoms with E-state index in [0.717, 1.165) is 39.2 Å². The third-order valence-electron chi connectivity index (χ3n) is 15.8. The molecule has 30 heteroatoms. The number of aliphatic hydroxyl groups excluding tert-OH is 6. The highest BCUT2D eigenvalue weighted by atomic mass is 32.1. The maximum absolute atomic E-state index is 14.7. The number of phenolic OH excluding ortho intramolecular Hbond substituents is 1. The second-order valence-corrected chi connectivity index (χ2v) is 23.6. The van der Waals surface area contributed by atoms with Gasteiger partial charge in [-0.3, -0.25) is 38.5 Å². The van der Waals surface area contributed by atoms with Gasteiger partial charge in [-0.1, -0.05) is 60.7 Å². The first-order valence-electron chi connectivity index (χ1n) is 29.8. The van der Waals surface area contributed by atoms with Crippen LogP contribution in [0.25, 0.3) is 32.4 Å². The zero-order valence-corrected chi connectivity index (χ0v) is 51.1. The molecule has 7 amide bonds. The molecule has 0 aliphatic carbocycles. The van der Waals surface area contributed by atoms with Gasteiger partial charge in [0.15, 0.2) is 16.5 Å². The van der Waals surface area contributed by atoms with E-state index >= 15 is 0 Å². The minimum atomic E-state index is -2.05. The van der Waals surface area contributed by atoms with Crippen LogP contribution in [0.1, 0.15) is 55.5 Å². The number of nitrogens with one attached hydrogen (secondary N) is 5. The number of amides is 7. The van der Waals surface area contributed by atoms with Crippen molar-refractivity contribution in [2.75, 3.05) is 59.7 Å². The van der Waals surface area contributed by atoms with Gasteiger partial charge in [0, 0.05) is 63.7 Å². The van der Waals surface area contributed by atoms with E-state index in [4.69, 9.17) is 25.7 Å². The van der Waals surface area contributed by atoms with Crippen LogP contribution in [0, 0.1) is 5.92 Å². The molecule has 29 nitrogen and oxygen atoms in total. The number of ether oxygens (including phenoxy) is 3. The molecule has 5 aromatic rings. The van der Waals surface area contributed by atoms with Gasteiger partial charge in [-0.2, -0.15) is 0 Å². The summed E-state index contributed by atoms with van der Waals surface area (Å²) in [7, 11) is 1.60. The summed E-state index contributed by atoms with van der Waals surface area (Å²) in [6.07, 6.45) is -10.3. The minimum absolute atomic E-state index is 0.00125. The Morgan fingerprint density at radius 2 is 1.40 bits per heavy atom. The Labute approximate surface area is 527 Å². The Morgan fingerprint density at radius 1 is 0.725 bits per heavy atom. The number of phenols is 1. The zero-order chi connectivity index (χ0) is 65.6. The van der Waals surface area contributed by atoms with Crippen LogP contribution >= 0.6 is 11.3 Å². The standard InChI is InChI=1S/C61H78N12O17S/c1-31-29-73-51(52(31)80)57(85)65-28-38(75)25-42(66-53(81)37-12-15-41(64-27-37)59-71-70-58(91-59)36-8-6-34(7-9-36)35-10-13-40(14-11-35)89-22-21-88-3)54(82)67-48(32(2)74)60(86)72-30-39(76)26-43(72)55(83)68-49(56(84)69-50(61(73)87)45(78)17-19-63)46(79)23-33-5-16-44(77)47(24-33)90-20-4-18-62/h5-16,24,27,31-32,38-39,42-43,45-46,48-52,74-80H,4,17-23,25-26,28-30,62-63H2,1-3H3,(H,65,85)(H,66,81)(H,67,82)(H,68,83)(H,69,84)/t31-,32+,38+,39+,42-,43-,45+,46+,48-,49-,50-,51-,52-/m0/s1. The van der Waals surface area contributed by atoms with Gasteiger partial charge in [-0.15, -0.1) is 10.2 Å². The van der Waals surface area contributed by atoms with Crippen molar-refractivity contribution >= 4 is 52.7 Å². The number of hydrogen-bond acceptors (Lipinski definition) is 23. The molecule has 13 atom stereocenters. The molecule has 0 bridgehead atoms. The van der Waals surface area contributed by atoms with Crippen LogP contribution in [-0.4, -0.2) is 235 Å². The van der Waals surface area contributed by atoms with Crippen LogP contribution in [-0.2, 0) is 39.9 Å². The van der Waals surface area contributed by atoms with Crippen molar-refractivity contribution in [1.82, 2.24) is 51.6 Å². The van der Waals surface area contributed by atoms with Gasteiger partial charge >= 0.3 is 0 Å². The number of hydrogen-bond donors (Lipinski definition) is 14.